The van der Waals surface area contributed by atoms with Gasteiger partial charge in [-0.15, -0.1) is 0 Å². The normalized spacial score (nSPS) is 17.6. The maximum atomic E-state index is 5.04. The van der Waals surface area contributed by atoms with Crippen LogP contribution in [0.15, 0.2) is 12.3 Å². The van der Waals surface area contributed by atoms with Crippen molar-refractivity contribution in [3.8, 4) is 0 Å². The lowest BCUT2D eigenvalue weighted by Crippen LogP contribution is -2.39. The number of H-pyrrole nitrogens is 1. The summed E-state index contributed by atoms with van der Waals surface area (Å²) in [6.07, 6.45) is 1.71. The van der Waals surface area contributed by atoms with E-state index in [-0.39, 0.29) is 0 Å². The number of hydroxylamine groups is 1. The summed E-state index contributed by atoms with van der Waals surface area (Å²) in [5.74, 6) is 0.932. The summed E-state index contributed by atoms with van der Waals surface area (Å²) < 4.78 is 0. The van der Waals surface area contributed by atoms with Crippen molar-refractivity contribution >= 4 is 5.82 Å². The van der Waals surface area contributed by atoms with Gasteiger partial charge in [0.15, 0.2) is 0 Å². The molecule has 0 unspecified atom stereocenters. The molecular weight excluding hydrogens is 118 g/mol. The number of nitrogens with one attached hydrogen (secondary N) is 1. The van der Waals surface area contributed by atoms with E-state index >= 15 is 0 Å². The molecule has 1 aromatic rings. The molecule has 9 heavy (non-hydrogen) atoms. The van der Waals surface area contributed by atoms with Crippen molar-refractivity contribution in [3.05, 3.63) is 12.3 Å². The number of hydrogen-bond acceptors (Lipinski definition) is 3. The van der Waals surface area contributed by atoms with E-state index < -0.39 is 0 Å². The second-order valence-corrected chi connectivity index (χ2v) is 1.88. The fourth-order valence-corrected chi connectivity index (χ4v) is 0.760. The van der Waals surface area contributed by atoms with E-state index in [2.05, 4.69) is 10.2 Å². The minimum absolute atomic E-state index is 0.818. The molecule has 48 valence electrons. The van der Waals surface area contributed by atoms with Gasteiger partial charge in [-0.05, 0) is 0 Å². The Kier molecular flexibility index (Phi) is 0.927. The van der Waals surface area contributed by atoms with Crippen LogP contribution >= 0.6 is 0 Å². The van der Waals surface area contributed by atoms with Gasteiger partial charge in [0.2, 0.25) is 0 Å². The van der Waals surface area contributed by atoms with Crippen LogP contribution in [0.25, 0.3) is 0 Å². The van der Waals surface area contributed by atoms with Gasteiger partial charge in [0.25, 0.3) is 0 Å². The molecule has 1 aromatic heterocycles. The topological polar surface area (TPSA) is 41.1 Å². The quantitative estimate of drug-likeness (QED) is 0.581. The van der Waals surface area contributed by atoms with Gasteiger partial charge >= 0.3 is 0 Å². The predicted molar refractivity (Wildman–Crippen MR) is 31.9 cm³/mol. The maximum absolute atomic E-state index is 5.04. The van der Waals surface area contributed by atoms with Gasteiger partial charge in [-0.2, -0.15) is 5.10 Å². The van der Waals surface area contributed by atoms with E-state index in [1.807, 2.05) is 6.07 Å². The van der Waals surface area contributed by atoms with Gasteiger partial charge < -0.3 is 0 Å². The Morgan fingerprint density at radius 3 is 3.11 bits per heavy atom. The van der Waals surface area contributed by atoms with Crippen molar-refractivity contribution in [1.29, 1.82) is 0 Å². The summed E-state index contributed by atoms with van der Waals surface area (Å²) >= 11 is 0. The lowest BCUT2D eigenvalue weighted by atomic mass is 10.5. The standard InChI is InChI=1S/C5H7N3O/c1-2-6-7-5(1)8-3-4-9-8/h1-2H,3-4H2,(H,6,7). The third kappa shape index (κ3) is 0.675. The van der Waals surface area contributed by atoms with Crippen LogP contribution < -0.4 is 5.06 Å². The maximum Gasteiger partial charge on any atom is 0.148 e. The first-order chi connectivity index (χ1) is 4.47. The van der Waals surface area contributed by atoms with Crippen molar-refractivity contribution in [2.24, 2.45) is 0 Å². The molecule has 0 radical (unpaired) electrons. The summed E-state index contributed by atoms with van der Waals surface area (Å²) in [6.45, 7) is 1.78. The summed E-state index contributed by atoms with van der Waals surface area (Å²) in [7, 11) is 0. The van der Waals surface area contributed by atoms with Crippen LogP contribution in [0.2, 0.25) is 0 Å². The van der Waals surface area contributed by atoms with Crippen LogP contribution in [0.4, 0.5) is 5.82 Å². The van der Waals surface area contributed by atoms with E-state index in [0.29, 0.717) is 0 Å². The largest absolute Gasteiger partial charge is 0.270 e. The Morgan fingerprint density at radius 2 is 2.67 bits per heavy atom. The number of hydrogen-bond donors (Lipinski definition) is 1. The minimum Gasteiger partial charge on any atom is -0.270 e. The summed E-state index contributed by atoms with van der Waals surface area (Å²) in [4.78, 5) is 5.04. The molecule has 0 saturated carbocycles. The molecule has 0 aliphatic carbocycles. The zero-order valence-electron chi connectivity index (χ0n) is 4.87. The number of aromatic nitrogens is 2. The van der Waals surface area contributed by atoms with E-state index in [1.165, 1.54) is 0 Å². The van der Waals surface area contributed by atoms with Crippen LogP contribution in [0.5, 0.6) is 0 Å². The van der Waals surface area contributed by atoms with Gasteiger partial charge in [-0.1, -0.05) is 0 Å². The van der Waals surface area contributed by atoms with Gasteiger partial charge in [0, 0.05) is 6.07 Å². The van der Waals surface area contributed by atoms with E-state index in [1.54, 1.807) is 11.3 Å². The van der Waals surface area contributed by atoms with E-state index in [9.17, 15) is 0 Å². The Balaban J connectivity index is 2.14. The van der Waals surface area contributed by atoms with Gasteiger partial charge in [0.05, 0.1) is 19.3 Å². The molecule has 0 atom stereocenters. The van der Waals surface area contributed by atoms with Crippen LogP contribution in [0.1, 0.15) is 0 Å². The molecule has 1 aliphatic rings. The van der Waals surface area contributed by atoms with Crippen molar-refractivity contribution < 1.29 is 4.84 Å². The SMILES string of the molecule is c1cc(N2CCO2)[nH]n1. The first kappa shape index (κ1) is 4.81. The number of rotatable bonds is 1. The highest BCUT2D eigenvalue weighted by Crippen LogP contribution is 2.13. The molecule has 1 saturated heterocycles. The molecule has 0 amide bonds. The second kappa shape index (κ2) is 1.73. The highest BCUT2D eigenvalue weighted by atomic mass is 16.7. The third-order valence-electron chi connectivity index (χ3n) is 1.30. The number of anilines is 1. The van der Waals surface area contributed by atoms with Gasteiger partial charge in [0.1, 0.15) is 5.82 Å². The zero-order valence-corrected chi connectivity index (χ0v) is 4.87. The minimum atomic E-state index is 0.818. The Hall–Kier alpha value is -1.03. The number of aromatic amines is 1. The first-order valence-electron chi connectivity index (χ1n) is 2.86. The third-order valence-corrected chi connectivity index (χ3v) is 1.30. The van der Waals surface area contributed by atoms with Gasteiger partial charge in [-0.25, -0.2) is 5.06 Å². The van der Waals surface area contributed by atoms with Crippen molar-refractivity contribution in [3.63, 3.8) is 0 Å². The molecular formula is C5H7N3O. The average Bonchev–Trinajstić information content (AvgIpc) is 2.11. The summed E-state index contributed by atoms with van der Waals surface area (Å²) in [5.41, 5.74) is 0. The zero-order chi connectivity index (χ0) is 6.10. The Bertz CT molecular complexity index is 180. The molecule has 0 bridgehead atoms. The molecule has 4 heteroatoms. The summed E-state index contributed by atoms with van der Waals surface area (Å²) in [6, 6.07) is 1.87. The molecule has 4 nitrogen and oxygen atoms in total. The van der Waals surface area contributed by atoms with Crippen LogP contribution in [0.3, 0.4) is 0 Å². The molecule has 1 N–H and O–H groups in total. The molecule has 2 heterocycles. The van der Waals surface area contributed by atoms with Crippen LogP contribution in [-0.2, 0) is 4.84 Å². The van der Waals surface area contributed by atoms with Crippen LogP contribution in [-0.4, -0.2) is 23.3 Å². The second-order valence-electron chi connectivity index (χ2n) is 1.88. The van der Waals surface area contributed by atoms with Crippen molar-refractivity contribution in [2.75, 3.05) is 18.2 Å². The fraction of sp³-hybridized carbons (Fsp3) is 0.400. The highest BCUT2D eigenvalue weighted by Gasteiger charge is 2.15. The molecule has 1 fully saturated rings. The predicted octanol–water partition coefficient (Wildman–Crippen LogP) is 0.161. The lowest BCUT2D eigenvalue weighted by molar-refractivity contribution is 0.0236. The Labute approximate surface area is 52.4 Å². The Morgan fingerprint density at radius 1 is 1.78 bits per heavy atom. The highest BCUT2D eigenvalue weighted by molar-refractivity contribution is 5.34. The lowest BCUT2D eigenvalue weighted by Gasteiger charge is -2.29. The van der Waals surface area contributed by atoms with Gasteiger partial charge in [-0.3, -0.25) is 9.94 Å². The van der Waals surface area contributed by atoms with E-state index in [0.717, 1.165) is 19.0 Å². The molecule has 0 aromatic carbocycles. The summed E-state index contributed by atoms with van der Waals surface area (Å²) in [5, 5.41) is 8.34. The monoisotopic (exact) mass is 125 g/mol. The smallest absolute Gasteiger partial charge is 0.148 e. The molecule has 0 spiro atoms. The van der Waals surface area contributed by atoms with Crippen molar-refractivity contribution in [1.82, 2.24) is 10.2 Å². The van der Waals surface area contributed by atoms with E-state index in [4.69, 9.17) is 4.84 Å². The van der Waals surface area contributed by atoms with Crippen LogP contribution in [0, 0.1) is 0 Å². The van der Waals surface area contributed by atoms with Crippen molar-refractivity contribution in [2.45, 2.75) is 0 Å². The first-order valence-corrected chi connectivity index (χ1v) is 2.86. The molecule has 1 aliphatic heterocycles. The molecule has 2 rings (SSSR count). The number of nitrogens with zero attached hydrogens (tertiary/aromatic N) is 2. The fourth-order valence-electron chi connectivity index (χ4n) is 0.760. The average molecular weight is 125 g/mol.